The first-order valence-electron chi connectivity index (χ1n) is 18.9. The van der Waals surface area contributed by atoms with Crippen LogP contribution in [0.5, 0.6) is 0 Å². The van der Waals surface area contributed by atoms with Crippen LogP contribution >= 0.6 is 11.3 Å². The van der Waals surface area contributed by atoms with Gasteiger partial charge in [0.25, 0.3) is 0 Å². The van der Waals surface area contributed by atoms with Gasteiger partial charge in [0.05, 0.1) is 33.1 Å². The molecule has 0 aliphatic rings. The first-order valence-corrected chi connectivity index (χ1v) is 19.7. The summed E-state index contributed by atoms with van der Waals surface area (Å²) in [6, 6.07) is 46.6. The molecule has 0 saturated heterocycles. The third-order valence-electron chi connectivity index (χ3n) is 12.3. The Morgan fingerprint density at radius 1 is 0.396 bits per heavy atom. The Morgan fingerprint density at radius 3 is 1.81 bits per heavy atom. The molecule has 0 fully saturated rings. The van der Waals surface area contributed by atoms with Gasteiger partial charge in [0, 0.05) is 63.3 Å². The van der Waals surface area contributed by atoms with Crippen LogP contribution in [0.3, 0.4) is 0 Å². The highest BCUT2D eigenvalue weighted by molar-refractivity contribution is 7.26. The number of thiophene rings is 1. The second-order valence-electron chi connectivity index (χ2n) is 17.4. The largest absolute Gasteiger partial charge is 0.308 e. The first kappa shape index (κ1) is 29.9. The van der Waals surface area contributed by atoms with Crippen LogP contribution in [0.2, 0.25) is 0 Å². The third-order valence-corrected chi connectivity index (χ3v) is 13.4. The van der Waals surface area contributed by atoms with Gasteiger partial charge in [0.2, 0.25) is 0 Å². The van der Waals surface area contributed by atoms with E-state index in [0.29, 0.717) is 0 Å². The predicted octanol–water partition coefficient (Wildman–Crippen LogP) is 14.6. The van der Waals surface area contributed by atoms with Crippen LogP contribution in [0.1, 0.15) is 52.7 Å². The summed E-state index contributed by atoms with van der Waals surface area (Å²) in [6.45, 7) is 14.0. The van der Waals surface area contributed by atoms with Crippen molar-refractivity contribution in [3.63, 3.8) is 0 Å². The van der Waals surface area contributed by atoms with Crippen LogP contribution in [0.25, 0.3) is 107 Å². The standard InChI is InChI=1S/C50H38N2S/c1-49(2,3)28-16-19-38-33(22-28)35-23-29(50(4,5)6)24-36-34-25-41-37(26-40(34)51(38)47(35)36)44-30(27-12-8-7-9-13-27)17-18-32-45-39(52(41)48(32)44)20-21-43-46(45)31-14-10-11-15-42(31)53-43/h7-26H,1-6H3. The van der Waals surface area contributed by atoms with Crippen molar-refractivity contribution in [2.24, 2.45) is 0 Å². The lowest BCUT2D eigenvalue weighted by Gasteiger charge is -2.20. The van der Waals surface area contributed by atoms with E-state index >= 15 is 0 Å². The lowest BCUT2D eigenvalue weighted by atomic mass is 9.84. The summed E-state index contributed by atoms with van der Waals surface area (Å²) in [7, 11) is 0. The number of fused-ring (bicyclic) bond motifs is 16. The van der Waals surface area contributed by atoms with Gasteiger partial charge in [-0.15, -0.1) is 11.3 Å². The number of hydrogen-bond acceptors (Lipinski definition) is 1. The second-order valence-corrected chi connectivity index (χ2v) is 18.5. The van der Waals surface area contributed by atoms with E-state index in [1.165, 1.54) is 119 Å². The van der Waals surface area contributed by atoms with Gasteiger partial charge < -0.3 is 8.80 Å². The summed E-state index contributed by atoms with van der Waals surface area (Å²) in [6.07, 6.45) is 0. The fraction of sp³-hybridized carbons (Fsp3) is 0.160. The second kappa shape index (κ2) is 9.66. The molecule has 0 aliphatic heterocycles. The molecular formula is C50H38N2S. The summed E-state index contributed by atoms with van der Waals surface area (Å²) in [5.41, 5.74) is 13.2. The van der Waals surface area contributed by atoms with Crippen molar-refractivity contribution in [1.29, 1.82) is 0 Å². The van der Waals surface area contributed by atoms with E-state index in [4.69, 9.17) is 0 Å². The summed E-state index contributed by atoms with van der Waals surface area (Å²) in [4.78, 5) is 0. The Bertz CT molecular complexity index is 3500. The van der Waals surface area contributed by atoms with Gasteiger partial charge in [-0.1, -0.05) is 108 Å². The molecule has 2 nitrogen and oxygen atoms in total. The van der Waals surface area contributed by atoms with E-state index < -0.39 is 0 Å². The Hall–Kier alpha value is -5.64. The fourth-order valence-corrected chi connectivity index (χ4v) is 10.8. The Balaban J connectivity index is 1.32. The van der Waals surface area contributed by atoms with Gasteiger partial charge in [-0.05, 0) is 87.7 Å². The maximum Gasteiger partial charge on any atom is 0.0627 e. The normalized spacial score (nSPS) is 13.5. The van der Waals surface area contributed by atoms with Gasteiger partial charge in [0.15, 0.2) is 0 Å². The zero-order chi connectivity index (χ0) is 35.7. The number of rotatable bonds is 1. The minimum Gasteiger partial charge on any atom is -0.308 e. The van der Waals surface area contributed by atoms with E-state index in [1.54, 1.807) is 0 Å². The smallest absolute Gasteiger partial charge is 0.0627 e. The summed E-state index contributed by atoms with van der Waals surface area (Å²) in [5.74, 6) is 0. The number of hydrogen-bond donors (Lipinski definition) is 0. The Morgan fingerprint density at radius 2 is 1.04 bits per heavy atom. The molecule has 0 N–H and O–H groups in total. The van der Waals surface area contributed by atoms with Crippen LogP contribution < -0.4 is 0 Å². The van der Waals surface area contributed by atoms with Gasteiger partial charge >= 0.3 is 0 Å². The van der Waals surface area contributed by atoms with Crippen molar-refractivity contribution in [2.75, 3.05) is 0 Å². The highest BCUT2D eigenvalue weighted by atomic mass is 32.1. The molecule has 0 unspecified atom stereocenters. The van der Waals surface area contributed by atoms with Gasteiger partial charge in [0.1, 0.15) is 0 Å². The highest BCUT2D eigenvalue weighted by Gasteiger charge is 2.27. The molecular weight excluding hydrogens is 661 g/mol. The molecule has 0 bridgehead atoms. The number of aromatic nitrogens is 2. The molecule has 254 valence electrons. The van der Waals surface area contributed by atoms with Gasteiger partial charge in [-0.3, -0.25) is 0 Å². The van der Waals surface area contributed by atoms with Gasteiger partial charge in [-0.25, -0.2) is 0 Å². The Kier molecular flexibility index (Phi) is 5.45. The van der Waals surface area contributed by atoms with Crippen LogP contribution in [-0.2, 0) is 10.8 Å². The van der Waals surface area contributed by atoms with Crippen LogP contribution in [0, 0.1) is 0 Å². The van der Waals surface area contributed by atoms with Crippen LogP contribution in [-0.4, -0.2) is 8.80 Å². The fourth-order valence-electron chi connectivity index (χ4n) is 9.66. The molecule has 0 amide bonds. The van der Waals surface area contributed by atoms with Crippen LogP contribution in [0.15, 0.2) is 121 Å². The molecule has 0 saturated carbocycles. The molecule has 12 rings (SSSR count). The zero-order valence-corrected chi connectivity index (χ0v) is 31.7. The molecule has 0 spiro atoms. The first-order chi connectivity index (χ1) is 25.6. The van der Waals surface area contributed by atoms with Crippen molar-refractivity contribution in [2.45, 2.75) is 52.4 Å². The summed E-state index contributed by atoms with van der Waals surface area (Å²) in [5, 5.41) is 13.5. The minimum absolute atomic E-state index is 0.0124. The number of nitrogens with zero attached hydrogens (tertiary/aromatic N) is 2. The number of benzene rings is 7. The molecule has 0 aliphatic carbocycles. The van der Waals surface area contributed by atoms with E-state index in [9.17, 15) is 0 Å². The SMILES string of the molecule is CC(C)(C)c1ccc2c(c1)c1cc(C(C)(C)C)cc3c4cc5c(cc4n2c13)c1c(-c2ccccc2)ccc2c3c4c(ccc3n5c21)sc1ccccc14. The van der Waals surface area contributed by atoms with Crippen LogP contribution in [0.4, 0.5) is 0 Å². The quantitative estimate of drug-likeness (QED) is 0.161. The average molecular weight is 699 g/mol. The molecule has 12 aromatic rings. The molecule has 0 radical (unpaired) electrons. The van der Waals surface area contributed by atoms with E-state index in [-0.39, 0.29) is 10.8 Å². The zero-order valence-electron chi connectivity index (χ0n) is 30.8. The topological polar surface area (TPSA) is 8.82 Å². The predicted molar refractivity (Wildman–Crippen MR) is 231 cm³/mol. The monoisotopic (exact) mass is 698 g/mol. The van der Waals surface area contributed by atoms with Crippen molar-refractivity contribution in [1.82, 2.24) is 8.80 Å². The van der Waals surface area contributed by atoms with Crippen molar-refractivity contribution < 1.29 is 0 Å². The average Bonchev–Trinajstić information content (AvgIpc) is 3.93. The van der Waals surface area contributed by atoms with E-state index in [2.05, 4.69) is 172 Å². The van der Waals surface area contributed by atoms with Crippen molar-refractivity contribution >= 4 is 108 Å². The molecule has 53 heavy (non-hydrogen) atoms. The summed E-state index contributed by atoms with van der Waals surface area (Å²) >= 11 is 1.90. The summed E-state index contributed by atoms with van der Waals surface area (Å²) < 4.78 is 7.87. The maximum atomic E-state index is 2.60. The minimum atomic E-state index is 0.0124. The lowest BCUT2D eigenvalue weighted by Crippen LogP contribution is -2.11. The third kappa shape index (κ3) is 3.73. The van der Waals surface area contributed by atoms with E-state index in [0.717, 1.165) is 0 Å². The van der Waals surface area contributed by atoms with Gasteiger partial charge in [-0.2, -0.15) is 0 Å². The van der Waals surface area contributed by atoms with Crippen molar-refractivity contribution in [3.05, 3.63) is 132 Å². The molecule has 7 aromatic carbocycles. The molecule has 5 aromatic heterocycles. The van der Waals surface area contributed by atoms with Crippen molar-refractivity contribution in [3.8, 4) is 11.1 Å². The Labute approximate surface area is 311 Å². The maximum absolute atomic E-state index is 2.60. The molecule has 5 heterocycles. The molecule has 0 atom stereocenters. The highest BCUT2D eigenvalue weighted by Crippen LogP contribution is 2.50. The van der Waals surface area contributed by atoms with E-state index in [1.807, 2.05) is 11.3 Å². The molecule has 3 heteroatoms. The lowest BCUT2D eigenvalue weighted by molar-refractivity contribution is 0.590.